The van der Waals surface area contributed by atoms with Gasteiger partial charge < -0.3 is 9.52 Å². The molecule has 2 nitrogen and oxygen atoms in total. The van der Waals surface area contributed by atoms with Crippen LogP contribution in [0.2, 0.25) is 0 Å². The molecule has 0 bridgehead atoms. The first-order valence-corrected chi connectivity index (χ1v) is 5.20. The van der Waals surface area contributed by atoms with Crippen LogP contribution in [-0.2, 0) is 5.60 Å². The van der Waals surface area contributed by atoms with Crippen molar-refractivity contribution in [3.63, 3.8) is 0 Å². The molecule has 0 aromatic carbocycles. The van der Waals surface area contributed by atoms with Gasteiger partial charge in [0.1, 0.15) is 11.4 Å². The third kappa shape index (κ3) is 1.62. The molecule has 0 radical (unpaired) electrons. The van der Waals surface area contributed by atoms with Crippen LogP contribution in [0.25, 0.3) is 0 Å². The Kier molecular flexibility index (Phi) is 2.46. The van der Waals surface area contributed by atoms with Gasteiger partial charge in [0, 0.05) is 0 Å². The van der Waals surface area contributed by atoms with E-state index in [0.29, 0.717) is 11.7 Å². The Labute approximate surface area is 84.2 Å². The standard InChI is InChI=1S/C12H16O2/c1-2-10-5-7-12(13,8-6-10)11-4-3-9-14-11/h3-5,7,9-10,13H,2,6,8H2,1H3. The lowest BCUT2D eigenvalue weighted by atomic mass is 9.83. The molecule has 0 aliphatic heterocycles. The monoisotopic (exact) mass is 192 g/mol. The fraction of sp³-hybridized carbons (Fsp3) is 0.500. The third-order valence-electron chi connectivity index (χ3n) is 3.01. The SMILES string of the molecule is CCC1C=CC(O)(c2ccco2)CC1. The predicted molar refractivity (Wildman–Crippen MR) is 54.8 cm³/mol. The number of allylic oxidation sites excluding steroid dienone is 1. The smallest absolute Gasteiger partial charge is 0.140 e. The molecule has 2 heteroatoms. The summed E-state index contributed by atoms with van der Waals surface area (Å²) in [6.45, 7) is 2.17. The van der Waals surface area contributed by atoms with Gasteiger partial charge in [0.15, 0.2) is 0 Å². The molecule has 2 rings (SSSR count). The Balaban J connectivity index is 2.20. The van der Waals surface area contributed by atoms with E-state index in [0.717, 1.165) is 19.3 Å². The molecule has 14 heavy (non-hydrogen) atoms. The molecule has 1 aromatic rings. The highest BCUT2D eigenvalue weighted by Gasteiger charge is 2.32. The second-order valence-electron chi connectivity index (χ2n) is 3.97. The molecule has 2 atom stereocenters. The van der Waals surface area contributed by atoms with Crippen LogP contribution >= 0.6 is 0 Å². The molecule has 1 aliphatic carbocycles. The summed E-state index contributed by atoms with van der Waals surface area (Å²) >= 11 is 0. The molecule has 1 aromatic heterocycles. The van der Waals surface area contributed by atoms with Gasteiger partial charge in [0.05, 0.1) is 6.26 Å². The van der Waals surface area contributed by atoms with Crippen molar-refractivity contribution in [2.24, 2.45) is 5.92 Å². The fourth-order valence-electron chi connectivity index (χ4n) is 1.95. The van der Waals surface area contributed by atoms with Gasteiger partial charge in [-0.25, -0.2) is 0 Å². The van der Waals surface area contributed by atoms with E-state index in [1.807, 2.05) is 18.2 Å². The number of hydrogen-bond acceptors (Lipinski definition) is 2. The van der Waals surface area contributed by atoms with Crippen molar-refractivity contribution in [1.29, 1.82) is 0 Å². The first kappa shape index (κ1) is 9.53. The van der Waals surface area contributed by atoms with Crippen molar-refractivity contribution in [3.8, 4) is 0 Å². The first-order chi connectivity index (χ1) is 6.74. The van der Waals surface area contributed by atoms with Crippen LogP contribution in [0.15, 0.2) is 35.0 Å². The summed E-state index contributed by atoms with van der Waals surface area (Å²) in [7, 11) is 0. The Bertz CT molecular complexity index is 313. The van der Waals surface area contributed by atoms with Gasteiger partial charge in [-0.3, -0.25) is 0 Å². The Morgan fingerprint density at radius 3 is 3.00 bits per heavy atom. The van der Waals surface area contributed by atoms with Gasteiger partial charge in [-0.2, -0.15) is 0 Å². The third-order valence-corrected chi connectivity index (χ3v) is 3.01. The van der Waals surface area contributed by atoms with Crippen LogP contribution in [0, 0.1) is 5.92 Å². The second-order valence-corrected chi connectivity index (χ2v) is 3.97. The number of aliphatic hydroxyl groups is 1. The van der Waals surface area contributed by atoms with E-state index in [1.165, 1.54) is 0 Å². The molecule has 1 heterocycles. The highest BCUT2D eigenvalue weighted by atomic mass is 16.4. The van der Waals surface area contributed by atoms with Gasteiger partial charge in [-0.1, -0.05) is 13.0 Å². The minimum absolute atomic E-state index is 0.616. The van der Waals surface area contributed by atoms with Crippen LogP contribution in [0.5, 0.6) is 0 Å². The molecule has 0 saturated heterocycles. The zero-order valence-electron chi connectivity index (χ0n) is 8.44. The summed E-state index contributed by atoms with van der Waals surface area (Å²) < 4.78 is 5.24. The van der Waals surface area contributed by atoms with Gasteiger partial charge >= 0.3 is 0 Å². The summed E-state index contributed by atoms with van der Waals surface area (Å²) in [5, 5.41) is 10.3. The van der Waals surface area contributed by atoms with Crippen LogP contribution in [0.1, 0.15) is 31.9 Å². The zero-order chi connectivity index (χ0) is 10.0. The summed E-state index contributed by atoms with van der Waals surface area (Å²) in [6, 6.07) is 3.64. The lowest BCUT2D eigenvalue weighted by Gasteiger charge is -2.28. The Morgan fingerprint density at radius 2 is 2.50 bits per heavy atom. The van der Waals surface area contributed by atoms with Crippen molar-refractivity contribution in [3.05, 3.63) is 36.3 Å². The van der Waals surface area contributed by atoms with E-state index in [9.17, 15) is 5.11 Å². The fourth-order valence-corrected chi connectivity index (χ4v) is 1.95. The van der Waals surface area contributed by atoms with E-state index >= 15 is 0 Å². The lowest BCUT2D eigenvalue weighted by Crippen LogP contribution is -2.26. The number of hydrogen-bond donors (Lipinski definition) is 1. The average Bonchev–Trinajstić information content (AvgIpc) is 2.72. The topological polar surface area (TPSA) is 33.4 Å². The van der Waals surface area contributed by atoms with Crippen molar-refractivity contribution < 1.29 is 9.52 Å². The quantitative estimate of drug-likeness (QED) is 0.731. The second kappa shape index (κ2) is 3.62. The van der Waals surface area contributed by atoms with Crippen LogP contribution in [-0.4, -0.2) is 5.11 Å². The van der Waals surface area contributed by atoms with Gasteiger partial charge in [0.25, 0.3) is 0 Å². The van der Waals surface area contributed by atoms with Crippen molar-refractivity contribution in [1.82, 2.24) is 0 Å². The maximum atomic E-state index is 10.3. The highest BCUT2D eigenvalue weighted by molar-refractivity contribution is 5.20. The van der Waals surface area contributed by atoms with E-state index < -0.39 is 5.60 Å². The molecule has 76 valence electrons. The van der Waals surface area contributed by atoms with Crippen molar-refractivity contribution >= 4 is 0 Å². The van der Waals surface area contributed by atoms with Crippen molar-refractivity contribution in [2.45, 2.75) is 31.8 Å². The molecule has 1 N–H and O–H groups in total. The first-order valence-electron chi connectivity index (χ1n) is 5.20. The van der Waals surface area contributed by atoms with E-state index in [4.69, 9.17) is 4.42 Å². The van der Waals surface area contributed by atoms with E-state index in [1.54, 1.807) is 6.26 Å². The molecule has 1 aliphatic rings. The zero-order valence-corrected chi connectivity index (χ0v) is 8.44. The average molecular weight is 192 g/mol. The Hall–Kier alpha value is -1.02. The van der Waals surface area contributed by atoms with Crippen molar-refractivity contribution in [2.75, 3.05) is 0 Å². The molecule has 0 fully saturated rings. The summed E-state index contributed by atoms with van der Waals surface area (Å²) in [4.78, 5) is 0. The largest absolute Gasteiger partial charge is 0.466 e. The molecular weight excluding hydrogens is 176 g/mol. The Morgan fingerprint density at radius 1 is 1.64 bits per heavy atom. The van der Waals surface area contributed by atoms with E-state index in [2.05, 4.69) is 13.0 Å². The van der Waals surface area contributed by atoms with Crippen LogP contribution in [0.3, 0.4) is 0 Å². The van der Waals surface area contributed by atoms with E-state index in [-0.39, 0.29) is 0 Å². The molecule has 0 amide bonds. The lowest BCUT2D eigenvalue weighted by molar-refractivity contribution is 0.0437. The van der Waals surface area contributed by atoms with Crippen LogP contribution in [0.4, 0.5) is 0 Å². The summed E-state index contributed by atoms with van der Waals surface area (Å²) in [6.07, 6.45) is 8.52. The van der Waals surface area contributed by atoms with Gasteiger partial charge in [-0.05, 0) is 43.4 Å². The van der Waals surface area contributed by atoms with Gasteiger partial charge in [-0.15, -0.1) is 0 Å². The summed E-state index contributed by atoms with van der Waals surface area (Å²) in [5.41, 5.74) is -0.866. The van der Waals surface area contributed by atoms with Gasteiger partial charge in [0.2, 0.25) is 0 Å². The number of furan rings is 1. The number of rotatable bonds is 2. The molecule has 0 spiro atoms. The summed E-state index contributed by atoms with van der Waals surface area (Å²) in [5.74, 6) is 1.27. The highest BCUT2D eigenvalue weighted by Crippen LogP contribution is 2.35. The normalized spacial score (nSPS) is 32.0. The molecule has 0 saturated carbocycles. The minimum Gasteiger partial charge on any atom is -0.466 e. The molecular formula is C12H16O2. The maximum Gasteiger partial charge on any atom is 0.140 e. The maximum absolute atomic E-state index is 10.3. The predicted octanol–water partition coefficient (Wildman–Crippen LogP) is 2.84. The molecule has 2 unspecified atom stereocenters. The van der Waals surface area contributed by atoms with Crippen LogP contribution < -0.4 is 0 Å². The minimum atomic E-state index is -0.866.